The Labute approximate surface area is 136 Å². The summed E-state index contributed by atoms with van der Waals surface area (Å²) in [5, 5.41) is 6.79. The van der Waals surface area contributed by atoms with Gasteiger partial charge >= 0.3 is 0 Å². The minimum Gasteiger partial charge on any atom is -0.497 e. The summed E-state index contributed by atoms with van der Waals surface area (Å²) in [4.78, 5) is 14.1. The Morgan fingerprint density at radius 1 is 1.35 bits per heavy atom. The number of rotatable bonds is 7. The molecule has 2 aromatic rings. The molecule has 0 aliphatic carbocycles. The van der Waals surface area contributed by atoms with Crippen molar-refractivity contribution in [3.8, 4) is 5.75 Å². The molecule has 6 nitrogen and oxygen atoms in total. The van der Waals surface area contributed by atoms with Crippen LogP contribution < -0.4 is 10.1 Å². The van der Waals surface area contributed by atoms with Gasteiger partial charge in [0.1, 0.15) is 11.5 Å². The van der Waals surface area contributed by atoms with Crippen LogP contribution in [-0.2, 0) is 11.2 Å². The third-order valence-corrected chi connectivity index (χ3v) is 3.63. The molecule has 0 spiro atoms. The van der Waals surface area contributed by atoms with Gasteiger partial charge in [-0.05, 0) is 38.7 Å². The van der Waals surface area contributed by atoms with Gasteiger partial charge in [0.15, 0.2) is 0 Å². The number of nitrogens with zero attached hydrogens (tertiary/aromatic N) is 2. The highest BCUT2D eigenvalue weighted by molar-refractivity contribution is 5.78. The molecule has 0 saturated carbocycles. The monoisotopic (exact) mass is 317 g/mol. The molecule has 1 N–H and O–H groups in total. The third kappa shape index (κ3) is 4.82. The summed E-state index contributed by atoms with van der Waals surface area (Å²) in [7, 11) is 5.62. The fourth-order valence-electron chi connectivity index (χ4n) is 2.36. The molecule has 1 heterocycles. The Balaban J connectivity index is 1.94. The van der Waals surface area contributed by atoms with E-state index in [0.29, 0.717) is 18.0 Å². The van der Waals surface area contributed by atoms with Crippen molar-refractivity contribution in [2.75, 3.05) is 27.7 Å². The van der Waals surface area contributed by atoms with Crippen LogP contribution >= 0.6 is 0 Å². The predicted molar refractivity (Wildman–Crippen MR) is 87.4 cm³/mol. The highest BCUT2D eigenvalue weighted by Gasteiger charge is 2.16. The van der Waals surface area contributed by atoms with Gasteiger partial charge in [-0.3, -0.25) is 4.79 Å². The van der Waals surface area contributed by atoms with Crippen molar-refractivity contribution in [1.29, 1.82) is 0 Å². The van der Waals surface area contributed by atoms with E-state index in [4.69, 9.17) is 9.26 Å². The maximum atomic E-state index is 12.0. The number of hydrogen-bond acceptors (Lipinski definition) is 5. The van der Waals surface area contributed by atoms with E-state index in [9.17, 15) is 4.79 Å². The topological polar surface area (TPSA) is 67.6 Å². The Bertz CT molecular complexity index is 635. The molecule has 1 aromatic heterocycles. The Hall–Kier alpha value is -2.34. The number of likely N-dealkylation sites (N-methyl/N-ethyl adjacent to an activating group) is 1. The fraction of sp³-hybridized carbons (Fsp3) is 0.412. The molecule has 23 heavy (non-hydrogen) atoms. The van der Waals surface area contributed by atoms with Crippen molar-refractivity contribution in [1.82, 2.24) is 15.4 Å². The van der Waals surface area contributed by atoms with E-state index in [1.807, 2.05) is 38.4 Å². The van der Waals surface area contributed by atoms with Crippen LogP contribution in [0.15, 0.2) is 34.9 Å². The minimum atomic E-state index is -0.0707. The number of nitrogens with one attached hydrogen (secondary N) is 1. The molecule has 124 valence electrons. The van der Waals surface area contributed by atoms with Gasteiger partial charge in [0.25, 0.3) is 0 Å². The van der Waals surface area contributed by atoms with Crippen molar-refractivity contribution >= 4 is 5.91 Å². The van der Waals surface area contributed by atoms with Crippen molar-refractivity contribution in [3.05, 3.63) is 47.3 Å². The van der Waals surface area contributed by atoms with Crippen LogP contribution in [0.5, 0.6) is 5.75 Å². The van der Waals surface area contributed by atoms with E-state index in [1.54, 1.807) is 20.1 Å². The fourth-order valence-corrected chi connectivity index (χ4v) is 2.36. The first-order valence-corrected chi connectivity index (χ1v) is 7.49. The summed E-state index contributed by atoms with van der Waals surface area (Å²) in [6.07, 6.45) is 0.222. The van der Waals surface area contributed by atoms with Crippen LogP contribution in [0.1, 0.15) is 23.1 Å². The largest absolute Gasteiger partial charge is 0.497 e. The molecule has 0 bridgehead atoms. The molecule has 0 aliphatic heterocycles. The molecule has 0 saturated heterocycles. The summed E-state index contributed by atoms with van der Waals surface area (Å²) < 4.78 is 10.1. The Morgan fingerprint density at radius 2 is 2.04 bits per heavy atom. The normalized spacial score (nSPS) is 12.2. The van der Waals surface area contributed by atoms with Crippen molar-refractivity contribution in [2.24, 2.45) is 0 Å². The lowest BCUT2D eigenvalue weighted by Crippen LogP contribution is -2.35. The van der Waals surface area contributed by atoms with E-state index in [1.165, 1.54) is 0 Å². The highest BCUT2D eigenvalue weighted by atomic mass is 16.5. The van der Waals surface area contributed by atoms with Gasteiger partial charge in [0.2, 0.25) is 5.91 Å². The maximum Gasteiger partial charge on any atom is 0.226 e. The lowest BCUT2D eigenvalue weighted by molar-refractivity contribution is -0.120. The standard InChI is InChI=1S/C17H23N3O3/c1-12-9-14(19-23-12)10-17(21)18-11-16(20(2)3)13-5-7-15(22-4)8-6-13/h5-9,16H,10-11H2,1-4H3,(H,18,21). The van der Waals surface area contributed by atoms with Crippen LogP contribution in [0.4, 0.5) is 0 Å². The molecule has 0 aliphatic rings. The summed E-state index contributed by atoms with van der Waals surface area (Å²) in [5.74, 6) is 1.45. The summed E-state index contributed by atoms with van der Waals surface area (Å²) in [6.45, 7) is 2.33. The minimum absolute atomic E-state index is 0.0707. The van der Waals surface area contributed by atoms with Crippen LogP contribution in [-0.4, -0.2) is 43.7 Å². The lowest BCUT2D eigenvalue weighted by Gasteiger charge is -2.25. The first-order chi connectivity index (χ1) is 11.0. The van der Waals surface area contributed by atoms with E-state index >= 15 is 0 Å². The second kappa shape index (κ2) is 7.78. The van der Waals surface area contributed by atoms with Gasteiger partial charge in [-0.25, -0.2) is 0 Å². The molecule has 1 unspecified atom stereocenters. The Kier molecular flexibility index (Phi) is 5.76. The van der Waals surface area contributed by atoms with Gasteiger partial charge in [-0.15, -0.1) is 0 Å². The molecule has 2 rings (SSSR count). The molecule has 1 aromatic carbocycles. The molecule has 1 atom stereocenters. The number of carbonyl (C=O) groups excluding carboxylic acids is 1. The first kappa shape index (κ1) is 17.0. The van der Waals surface area contributed by atoms with Crippen molar-refractivity contribution < 1.29 is 14.1 Å². The van der Waals surface area contributed by atoms with Gasteiger partial charge in [0.05, 0.1) is 25.3 Å². The summed E-state index contributed by atoms with van der Waals surface area (Å²) >= 11 is 0. The van der Waals surface area contributed by atoms with E-state index in [-0.39, 0.29) is 18.4 Å². The van der Waals surface area contributed by atoms with Crippen LogP contribution in [0, 0.1) is 6.92 Å². The number of amides is 1. The van der Waals surface area contributed by atoms with E-state index < -0.39 is 0 Å². The Morgan fingerprint density at radius 3 is 2.57 bits per heavy atom. The summed E-state index contributed by atoms with van der Waals surface area (Å²) in [6, 6.07) is 9.72. The smallest absolute Gasteiger partial charge is 0.226 e. The SMILES string of the molecule is COc1ccc(C(CNC(=O)Cc2cc(C)on2)N(C)C)cc1. The zero-order chi connectivity index (χ0) is 16.8. The predicted octanol–water partition coefficient (Wildman–Crippen LogP) is 1.95. The number of benzene rings is 1. The molecule has 1 amide bonds. The summed E-state index contributed by atoms with van der Waals surface area (Å²) in [5.41, 5.74) is 1.76. The van der Waals surface area contributed by atoms with Crippen LogP contribution in [0.3, 0.4) is 0 Å². The maximum absolute atomic E-state index is 12.0. The number of hydrogen-bond donors (Lipinski definition) is 1. The van der Waals surface area contributed by atoms with Crippen molar-refractivity contribution in [3.63, 3.8) is 0 Å². The van der Waals surface area contributed by atoms with E-state index in [0.717, 1.165) is 11.3 Å². The quantitative estimate of drug-likeness (QED) is 0.845. The van der Waals surface area contributed by atoms with Gasteiger partial charge in [-0.1, -0.05) is 17.3 Å². The number of methoxy groups -OCH3 is 1. The number of ether oxygens (including phenoxy) is 1. The molecule has 6 heteroatoms. The van der Waals surface area contributed by atoms with Gasteiger partial charge < -0.3 is 19.5 Å². The second-order valence-electron chi connectivity index (χ2n) is 5.66. The zero-order valence-corrected chi connectivity index (χ0v) is 14.0. The van der Waals surface area contributed by atoms with E-state index in [2.05, 4.69) is 15.4 Å². The highest BCUT2D eigenvalue weighted by Crippen LogP contribution is 2.20. The number of aromatic nitrogens is 1. The lowest BCUT2D eigenvalue weighted by atomic mass is 10.1. The third-order valence-electron chi connectivity index (χ3n) is 3.63. The zero-order valence-electron chi connectivity index (χ0n) is 14.0. The number of aryl methyl sites for hydroxylation is 1. The van der Waals surface area contributed by atoms with Crippen LogP contribution in [0.2, 0.25) is 0 Å². The molecule has 0 fully saturated rings. The average molecular weight is 317 g/mol. The molecular weight excluding hydrogens is 294 g/mol. The van der Waals surface area contributed by atoms with Gasteiger partial charge in [0, 0.05) is 12.6 Å². The average Bonchev–Trinajstić information content (AvgIpc) is 2.92. The van der Waals surface area contributed by atoms with Crippen LogP contribution in [0.25, 0.3) is 0 Å². The van der Waals surface area contributed by atoms with Crippen molar-refractivity contribution in [2.45, 2.75) is 19.4 Å². The second-order valence-corrected chi connectivity index (χ2v) is 5.66. The molecule has 0 radical (unpaired) electrons. The van der Waals surface area contributed by atoms with Gasteiger partial charge in [-0.2, -0.15) is 0 Å². The number of carbonyl (C=O) groups is 1. The first-order valence-electron chi connectivity index (χ1n) is 7.49. The molecular formula is C17H23N3O3.